The van der Waals surface area contributed by atoms with Gasteiger partial charge in [0.1, 0.15) is 24.1 Å². The molecule has 0 spiro atoms. The van der Waals surface area contributed by atoms with Crippen molar-refractivity contribution in [2.24, 2.45) is 0 Å². The smallest absolute Gasteiger partial charge is 0.270 e. The molecule has 0 bridgehead atoms. The van der Waals surface area contributed by atoms with Gasteiger partial charge in [0, 0.05) is 7.05 Å². The van der Waals surface area contributed by atoms with Crippen molar-refractivity contribution in [2.75, 3.05) is 18.6 Å². The standard InChI is InChI=1S/C22H22N4O3/c1-15-12-19(26(24-15)13-16-8-4-3-5-9-16)21(27)23-17-14-29-20-11-7-6-10-18(20)25(2)22(17)28/h3-12,17H,13-14H2,1-2H3,(H,23,27). The number of carbonyl (C=O) groups excluding carboxylic acids is 2. The van der Waals surface area contributed by atoms with Crippen molar-refractivity contribution in [3.8, 4) is 5.75 Å². The molecule has 2 heterocycles. The van der Waals surface area contributed by atoms with Gasteiger partial charge in [0.25, 0.3) is 11.8 Å². The lowest BCUT2D eigenvalue weighted by Gasteiger charge is -2.20. The lowest BCUT2D eigenvalue weighted by Crippen LogP contribution is -2.49. The summed E-state index contributed by atoms with van der Waals surface area (Å²) in [6.45, 7) is 2.37. The second kappa shape index (κ2) is 7.79. The molecule has 1 atom stereocenters. The van der Waals surface area contributed by atoms with Gasteiger partial charge in [0.05, 0.1) is 17.9 Å². The zero-order chi connectivity index (χ0) is 20.4. The molecule has 1 aromatic heterocycles. The molecule has 2 aromatic carbocycles. The first-order chi connectivity index (χ1) is 14.0. The Labute approximate surface area is 168 Å². The van der Waals surface area contributed by atoms with Crippen LogP contribution in [0.4, 0.5) is 5.69 Å². The number of hydrogen-bond acceptors (Lipinski definition) is 4. The second-order valence-electron chi connectivity index (χ2n) is 7.02. The number of anilines is 1. The van der Waals surface area contributed by atoms with E-state index in [1.807, 2.05) is 61.5 Å². The van der Waals surface area contributed by atoms with Gasteiger partial charge in [-0.25, -0.2) is 0 Å². The molecule has 29 heavy (non-hydrogen) atoms. The Morgan fingerprint density at radius 1 is 1.17 bits per heavy atom. The molecule has 7 nitrogen and oxygen atoms in total. The van der Waals surface area contributed by atoms with Gasteiger partial charge in [-0.1, -0.05) is 42.5 Å². The zero-order valence-electron chi connectivity index (χ0n) is 16.3. The maximum Gasteiger partial charge on any atom is 0.270 e. The molecule has 4 rings (SSSR count). The Kier molecular flexibility index (Phi) is 5.03. The minimum atomic E-state index is -0.791. The minimum Gasteiger partial charge on any atom is -0.489 e. The van der Waals surface area contributed by atoms with E-state index in [0.29, 0.717) is 23.7 Å². The van der Waals surface area contributed by atoms with E-state index in [-0.39, 0.29) is 18.4 Å². The van der Waals surface area contributed by atoms with Crippen LogP contribution in [0.25, 0.3) is 0 Å². The summed E-state index contributed by atoms with van der Waals surface area (Å²) in [7, 11) is 1.68. The minimum absolute atomic E-state index is 0.0672. The van der Waals surface area contributed by atoms with Crippen molar-refractivity contribution < 1.29 is 14.3 Å². The van der Waals surface area contributed by atoms with E-state index in [2.05, 4.69) is 10.4 Å². The van der Waals surface area contributed by atoms with E-state index in [4.69, 9.17) is 4.74 Å². The van der Waals surface area contributed by atoms with E-state index in [9.17, 15) is 9.59 Å². The average molecular weight is 390 g/mol. The van der Waals surface area contributed by atoms with Crippen LogP contribution in [0.1, 0.15) is 21.7 Å². The summed E-state index contributed by atoms with van der Waals surface area (Å²) in [4.78, 5) is 27.4. The molecule has 1 unspecified atom stereocenters. The maximum atomic E-state index is 13.0. The topological polar surface area (TPSA) is 76.5 Å². The Hall–Kier alpha value is -3.61. The van der Waals surface area contributed by atoms with Crippen LogP contribution in [0, 0.1) is 6.92 Å². The van der Waals surface area contributed by atoms with Crippen LogP contribution in [0.3, 0.4) is 0 Å². The van der Waals surface area contributed by atoms with Gasteiger partial charge in [-0.15, -0.1) is 0 Å². The van der Waals surface area contributed by atoms with Gasteiger partial charge >= 0.3 is 0 Å². The van der Waals surface area contributed by atoms with E-state index >= 15 is 0 Å². The Morgan fingerprint density at radius 3 is 2.69 bits per heavy atom. The van der Waals surface area contributed by atoms with Crippen molar-refractivity contribution >= 4 is 17.5 Å². The molecule has 0 radical (unpaired) electrons. The number of aromatic nitrogens is 2. The molecule has 0 aliphatic carbocycles. The summed E-state index contributed by atoms with van der Waals surface area (Å²) >= 11 is 0. The summed E-state index contributed by atoms with van der Waals surface area (Å²) in [5.41, 5.74) is 2.86. The van der Waals surface area contributed by atoms with Crippen LogP contribution in [-0.2, 0) is 11.3 Å². The number of fused-ring (bicyclic) bond motifs is 1. The van der Waals surface area contributed by atoms with Crippen LogP contribution in [0.5, 0.6) is 5.75 Å². The normalized spacial score (nSPS) is 16.0. The molecular weight excluding hydrogens is 368 g/mol. The van der Waals surface area contributed by atoms with Crippen LogP contribution in [-0.4, -0.2) is 41.3 Å². The molecule has 1 aliphatic rings. The Bertz CT molecular complexity index is 1050. The van der Waals surface area contributed by atoms with Crippen molar-refractivity contribution in [1.82, 2.24) is 15.1 Å². The highest BCUT2D eigenvalue weighted by Crippen LogP contribution is 2.29. The fourth-order valence-corrected chi connectivity index (χ4v) is 3.39. The predicted octanol–water partition coefficient (Wildman–Crippen LogP) is 2.39. The number of nitrogens with one attached hydrogen (secondary N) is 1. The van der Waals surface area contributed by atoms with Crippen LogP contribution >= 0.6 is 0 Å². The molecule has 0 fully saturated rings. The number of nitrogens with zero attached hydrogens (tertiary/aromatic N) is 3. The summed E-state index contributed by atoms with van der Waals surface area (Å²) in [5, 5.41) is 7.25. The van der Waals surface area contributed by atoms with Crippen LogP contribution < -0.4 is 15.0 Å². The first-order valence-electron chi connectivity index (χ1n) is 9.41. The SMILES string of the molecule is Cc1cc(C(=O)NC2COc3ccccc3N(C)C2=O)n(Cc2ccccc2)n1. The maximum absolute atomic E-state index is 13.0. The molecule has 2 amide bonds. The van der Waals surface area contributed by atoms with Crippen molar-refractivity contribution in [1.29, 1.82) is 0 Å². The van der Waals surface area contributed by atoms with Crippen molar-refractivity contribution in [2.45, 2.75) is 19.5 Å². The average Bonchev–Trinajstić information content (AvgIpc) is 3.05. The summed E-state index contributed by atoms with van der Waals surface area (Å²) in [6.07, 6.45) is 0. The van der Waals surface area contributed by atoms with Crippen molar-refractivity contribution in [3.05, 3.63) is 77.6 Å². The number of aryl methyl sites for hydroxylation is 1. The molecule has 1 N–H and O–H groups in total. The number of benzene rings is 2. The van der Waals surface area contributed by atoms with Gasteiger partial charge < -0.3 is 15.0 Å². The highest BCUT2D eigenvalue weighted by atomic mass is 16.5. The van der Waals surface area contributed by atoms with Gasteiger partial charge in [-0.3, -0.25) is 14.3 Å². The first-order valence-corrected chi connectivity index (χ1v) is 9.41. The molecule has 0 saturated heterocycles. The highest BCUT2D eigenvalue weighted by Gasteiger charge is 2.31. The Balaban J connectivity index is 1.54. The molecule has 1 aliphatic heterocycles. The van der Waals surface area contributed by atoms with Gasteiger partial charge in [0.15, 0.2) is 0 Å². The number of carbonyl (C=O) groups is 2. The van der Waals surface area contributed by atoms with Crippen molar-refractivity contribution in [3.63, 3.8) is 0 Å². The summed E-state index contributed by atoms with van der Waals surface area (Å²) in [6, 6.07) is 18.0. The number of rotatable bonds is 4. The highest BCUT2D eigenvalue weighted by molar-refractivity contribution is 6.02. The van der Waals surface area contributed by atoms with Crippen LogP contribution in [0.2, 0.25) is 0 Å². The lowest BCUT2D eigenvalue weighted by molar-refractivity contribution is -0.120. The van der Waals surface area contributed by atoms with E-state index < -0.39 is 6.04 Å². The first kappa shape index (κ1) is 18.7. The predicted molar refractivity (Wildman–Crippen MR) is 109 cm³/mol. The van der Waals surface area contributed by atoms with Gasteiger partial charge in [-0.2, -0.15) is 5.10 Å². The zero-order valence-corrected chi connectivity index (χ0v) is 16.3. The quantitative estimate of drug-likeness (QED) is 0.742. The largest absolute Gasteiger partial charge is 0.489 e. The number of hydrogen-bond donors (Lipinski definition) is 1. The third-order valence-corrected chi connectivity index (χ3v) is 4.88. The molecule has 0 saturated carbocycles. The van der Waals surface area contributed by atoms with E-state index in [1.54, 1.807) is 17.8 Å². The molecule has 3 aromatic rings. The van der Waals surface area contributed by atoms with Gasteiger partial charge in [0.2, 0.25) is 0 Å². The number of ether oxygens (including phenoxy) is 1. The van der Waals surface area contributed by atoms with E-state index in [0.717, 1.165) is 11.3 Å². The van der Waals surface area contributed by atoms with E-state index in [1.165, 1.54) is 4.90 Å². The third kappa shape index (κ3) is 3.85. The number of amides is 2. The van der Waals surface area contributed by atoms with Gasteiger partial charge in [-0.05, 0) is 30.7 Å². The second-order valence-corrected chi connectivity index (χ2v) is 7.02. The Morgan fingerprint density at radius 2 is 1.90 bits per heavy atom. The molecule has 148 valence electrons. The summed E-state index contributed by atoms with van der Waals surface area (Å²) < 4.78 is 7.42. The summed E-state index contributed by atoms with van der Waals surface area (Å²) in [5.74, 6) is 0.0297. The fraction of sp³-hybridized carbons (Fsp3) is 0.227. The molecular formula is C22H22N4O3. The monoisotopic (exact) mass is 390 g/mol. The lowest BCUT2D eigenvalue weighted by atomic mass is 10.2. The molecule has 7 heteroatoms. The number of likely N-dealkylation sites (N-methyl/N-ethyl adjacent to an activating group) is 1. The third-order valence-electron chi connectivity index (χ3n) is 4.88. The van der Waals surface area contributed by atoms with Crippen LogP contribution in [0.15, 0.2) is 60.7 Å². The fourth-order valence-electron chi connectivity index (χ4n) is 3.39. The number of para-hydroxylation sites is 2.